The average molecular weight is 619 g/mol. The summed E-state index contributed by atoms with van der Waals surface area (Å²) >= 11 is 0. The minimum absolute atomic E-state index is 0.163. The van der Waals surface area contributed by atoms with E-state index >= 15 is 0 Å². The van der Waals surface area contributed by atoms with Crippen molar-refractivity contribution in [3.05, 3.63) is 118 Å². The molecule has 45 heavy (non-hydrogen) atoms. The number of hydrogen-bond donors (Lipinski definition) is 2. The molecule has 0 saturated carbocycles. The number of ether oxygens (including phenoxy) is 1. The molecular weight excluding hydrogens is 585 g/mol. The van der Waals surface area contributed by atoms with E-state index in [0.29, 0.717) is 34.6 Å². The Morgan fingerprint density at radius 2 is 1.71 bits per heavy atom. The van der Waals surface area contributed by atoms with Gasteiger partial charge >= 0.3 is 12.0 Å². The third kappa shape index (κ3) is 6.39. The lowest BCUT2D eigenvalue weighted by molar-refractivity contribution is -0.149. The van der Waals surface area contributed by atoms with Crippen LogP contribution in [0.4, 0.5) is 18.9 Å². The van der Waals surface area contributed by atoms with Gasteiger partial charge in [-0.25, -0.2) is 27.9 Å². The lowest BCUT2D eigenvalue weighted by atomic mass is 9.76. The van der Waals surface area contributed by atoms with E-state index in [4.69, 9.17) is 4.74 Å². The Balaban J connectivity index is 1.75. The highest BCUT2D eigenvalue weighted by atomic mass is 19.1. The van der Waals surface area contributed by atoms with Crippen LogP contribution in [0.3, 0.4) is 0 Å². The summed E-state index contributed by atoms with van der Waals surface area (Å²) < 4.78 is 49.5. The van der Waals surface area contributed by atoms with Gasteiger partial charge in [-0.2, -0.15) is 0 Å². The maximum absolute atomic E-state index is 14.8. The topological polar surface area (TPSA) is 105 Å². The van der Waals surface area contributed by atoms with Crippen LogP contribution in [-0.4, -0.2) is 39.6 Å². The van der Waals surface area contributed by atoms with E-state index in [1.54, 1.807) is 50.2 Å². The summed E-state index contributed by atoms with van der Waals surface area (Å²) in [7, 11) is 0. The molecule has 0 spiro atoms. The standard InChI is InChI=1S/C34H33F3N4O4/c1-4-5-9-22-10-8-11-23(15-22)34(31(32(43)44)45-33-39-20(2)14-21(3)40-33)26-12-6-7-13-29(26)41(30(42)18-38-34)19-25-27(36)16-24(35)17-28(25)37/h6-8,10-17,31,38H,4-5,9,18-19H2,1-3H3,(H,43,44). The number of nitrogens with one attached hydrogen (secondary N) is 1. The number of anilines is 1. The normalized spacial score (nSPS) is 17.0. The molecule has 0 radical (unpaired) electrons. The third-order valence-corrected chi connectivity index (χ3v) is 7.87. The molecule has 234 valence electrons. The van der Waals surface area contributed by atoms with E-state index in [-0.39, 0.29) is 11.7 Å². The number of para-hydroxylation sites is 1. The third-order valence-electron chi connectivity index (χ3n) is 7.87. The van der Waals surface area contributed by atoms with E-state index in [0.717, 1.165) is 29.7 Å². The number of nitrogens with zero attached hydrogens (tertiary/aromatic N) is 3. The van der Waals surface area contributed by atoms with Crippen molar-refractivity contribution in [2.75, 3.05) is 11.4 Å². The van der Waals surface area contributed by atoms with Crippen molar-refractivity contribution < 1.29 is 32.6 Å². The number of carbonyl (C=O) groups excluding carboxylic acids is 1. The highest BCUT2D eigenvalue weighted by molar-refractivity contribution is 5.97. The second-order valence-electron chi connectivity index (χ2n) is 11.1. The number of halogens is 3. The average Bonchev–Trinajstić information content (AvgIpc) is 3.11. The maximum Gasteiger partial charge on any atom is 0.347 e. The summed E-state index contributed by atoms with van der Waals surface area (Å²) in [4.78, 5) is 36.8. The molecule has 2 heterocycles. The number of carboxylic acid groups (broad SMARTS) is 1. The predicted molar refractivity (Wildman–Crippen MR) is 161 cm³/mol. The number of benzene rings is 3. The number of carbonyl (C=O) groups is 2. The summed E-state index contributed by atoms with van der Waals surface area (Å²) in [6.45, 7) is 4.53. The molecule has 2 atom stereocenters. The van der Waals surface area contributed by atoms with E-state index < -0.39 is 59.6 Å². The van der Waals surface area contributed by atoms with Crippen molar-refractivity contribution in [2.45, 2.75) is 58.2 Å². The molecule has 3 aromatic carbocycles. The van der Waals surface area contributed by atoms with Gasteiger partial charge in [0.05, 0.1) is 13.1 Å². The number of aryl methyl sites for hydroxylation is 3. The summed E-state index contributed by atoms with van der Waals surface area (Å²) in [5.74, 6) is -5.35. The molecule has 0 bridgehead atoms. The van der Waals surface area contributed by atoms with Crippen LogP contribution in [0.25, 0.3) is 0 Å². The van der Waals surface area contributed by atoms with Crippen molar-refractivity contribution in [2.24, 2.45) is 0 Å². The Morgan fingerprint density at radius 3 is 2.38 bits per heavy atom. The van der Waals surface area contributed by atoms with Crippen LogP contribution in [0.15, 0.2) is 66.7 Å². The van der Waals surface area contributed by atoms with Crippen molar-refractivity contribution in [3.8, 4) is 6.01 Å². The fraction of sp³-hybridized carbons (Fsp3) is 0.294. The first-order valence-corrected chi connectivity index (χ1v) is 14.6. The fourth-order valence-corrected chi connectivity index (χ4v) is 5.81. The van der Waals surface area contributed by atoms with Crippen LogP contribution in [0, 0.1) is 31.3 Å². The maximum atomic E-state index is 14.8. The number of carboxylic acids is 1. The van der Waals surface area contributed by atoms with Gasteiger partial charge in [0.2, 0.25) is 12.0 Å². The second-order valence-corrected chi connectivity index (χ2v) is 11.1. The molecule has 1 aliphatic heterocycles. The molecule has 11 heteroatoms. The van der Waals surface area contributed by atoms with Crippen LogP contribution < -0.4 is 15.0 Å². The second kappa shape index (κ2) is 13.1. The Labute approximate surface area is 258 Å². The van der Waals surface area contributed by atoms with Crippen LogP contribution in [0.2, 0.25) is 0 Å². The van der Waals surface area contributed by atoms with Gasteiger partial charge in [0.1, 0.15) is 23.0 Å². The van der Waals surface area contributed by atoms with Crippen LogP contribution in [0.1, 0.15) is 53.4 Å². The quantitative estimate of drug-likeness (QED) is 0.233. The number of amides is 1. The van der Waals surface area contributed by atoms with Crippen molar-refractivity contribution >= 4 is 17.6 Å². The Hall–Kier alpha value is -4.77. The molecule has 4 aromatic rings. The van der Waals surface area contributed by atoms with Gasteiger partial charge in [0, 0.05) is 40.3 Å². The zero-order valence-corrected chi connectivity index (χ0v) is 25.1. The van der Waals surface area contributed by atoms with Crippen LogP contribution >= 0.6 is 0 Å². The molecule has 2 N–H and O–H groups in total. The lowest BCUT2D eigenvalue weighted by Gasteiger charge is -2.39. The van der Waals surface area contributed by atoms with E-state index in [1.807, 2.05) is 18.2 Å². The van der Waals surface area contributed by atoms with E-state index in [9.17, 15) is 27.9 Å². The van der Waals surface area contributed by atoms with Gasteiger partial charge in [-0.3, -0.25) is 10.1 Å². The van der Waals surface area contributed by atoms with Crippen LogP contribution in [-0.2, 0) is 28.1 Å². The van der Waals surface area contributed by atoms with Gasteiger partial charge in [-0.15, -0.1) is 0 Å². The molecule has 8 nitrogen and oxygen atoms in total. The molecule has 5 rings (SSSR count). The van der Waals surface area contributed by atoms with E-state index in [2.05, 4.69) is 22.2 Å². The van der Waals surface area contributed by atoms with Gasteiger partial charge in [-0.05, 0) is 49.9 Å². The first-order valence-electron chi connectivity index (χ1n) is 14.6. The van der Waals surface area contributed by atoms with Gasteiger partial charge in [0.25, 0.3) is 0 Å². The van der Waals surface area contributed by atoms with Crippen molar-refractivity contribution in [3.63, 3.8) is 0 Å². The minimum atomic E-state index is -1.71. The zero-order chi connectivity index (χ0) is 32.3. The SMILES string of the molecule is CCCCc1cccc(C2(C(Oc3nc(C)cc(C)n3)C(=O)O)NCC(=O)N(Cc3c(F)cc(F)cc3F)c3ccccc32)c1. The minimum Gasteiger partial charge on any atom is -0.478 e. The molecule has 2 unspecified atom stereocenters. The zero-order valence-electron chi connectivity index (χ0n) is 25.1. The lowest BCUT2D eigenvalue weighted by Crippen LogP contribution is -2.58. The summed E-state index contributed by atoms with van der Waals surface area (Å²) in [5, 5.41) is 14.0. The first kappa shape index (κ1) is 31.6. The van der Waals surface area contributed by atoms with Crippen LogP contribution in [0.5, 0.6) is 6.01 Å². The predicted octanol–water partition coefficient (Wildman–Crippen LogP) is 5.77. The molecule has 0 aliphatic carbocycles. The van der Waals surface area contributed by atoms with Gasteiger partial charge in [-0.1, -0.05) is 55.8 Å². The largest absolute Gasteiger partial charge is 0.478 e. The number of aliphatic carboxylic acids is 1. The Kier molecular flexibility index (Phi) is 9.19. The summed E-state index contributed by atoms with van der Waals surface area (Å²) in [6, 6.07) is 16.6. The van der Waals surface area contributed by atoms with Crippen molar-refractivity contribution in [1.29, 1.82) is 0 Å². The highest BCUT2D eigenvalue weighted by Gasteiger charge is 2.52. The van der Waals surface area contributed by atoms with E-state index in [1.165, 1.54) is 0 Å². The fourth-order valence-electron chi connectivity index (χ4n) is 5.81. The first-order chi connectivity index (χ1) is 21.5. The Bertz CT molecular complexity index is 1710. The van der Waals surface area contributed by atoms with Gasteiger partial charge in [0.15, 0.2) is 0 Å². The number of hydrogen-bond acceptors (Lipinski definition) is 6. The molecule has 1 aromatic heterocycles. The summed E-state index contributed by atoms with van der Waals surface area (Å²) in [5.41, 5.74) is 0.858. The molecule has 0 saturated heterocycles. The molecule has 1 amide bonds. The number of aromatic nitrogens is 2. The monoisotopic (exact) mass is 618 g/mol. The molecule has 0 fully saturated rings. The number of rotatable bonds is 10. The number of unbranched alkanes of at least 4 members (excludes halogenated alkanes) is 1. The summed E-state index contributed by atoms with van der Waals surface area (Å²) in [6.07, 6.45) is 0.862. The smallest absolute Gasteiger partial charge is 0.347 e. The Morgan fingerprint density at radius 1 is 1.02 bits per heavy atom. The highest BCUT2D eigenvalue weighted by Crippen LogP contribution is 2.43. The molecular formula is C34H33F3N4O4. The molecule has 1 aliphatic rings. The van der Waals surface area contributed by atoms with Gasteiger partial charge < -0.3 is 14.7 Å². The van der Waals surface area contributed by atoms with Crippen molar-refractivity contribution in [1.82, 2.24) is 15.3 Å². The number of fused-ring (bicyclic) bond motifs is 1.